The van der Waals surface area contributed by atoms with Gasteiger partial charge in [0.2, 0.25) is 0 Å². The molecule has 0 spiro atoms. The summed E-state index contributed by atoms with van der Waals surface area (Å²) in [5, 5.41) is 3.35. The summed E-state index contributed by atoms with van der Waals surface area (Å²) in [6, 6.07) is 0. The molecular weight excluding hydrogens is 301 g/mol. The molecule has 1 saturated heterocycles. The van der Waals surface area contributed by atoms with E-state index in [-0.39, 0.29) is 24.0 Å². The van der Waals surface area contributed by atoms with Crippen LogP contribution in [0.25, 0.3) is 0 Å². The number of halogens is 1. The molecule has 0 aromatic rings. The third-order valence-corrected chi connectivity index (χ3v) is 3.54. The molecule has 3 aliphatic rings. The van der Waals surface area contributed by atoms with Crippen LogP contribution in [-0.2, 0) is 0 Å². The van der Waals surface area contributed by atoms with Gasteiger partial charge in [0.05, 0.1) is 6.54 Å². The third kappa shape index (κ3) is 2.29. The number of rotatable bonds is 0. The molecule has 1 saturated carbocycles. The van der Waals surface area contributed by atoms with Crippen molar-refractivity contribution in [3.8, 4) is 0 Å². The van der Waals surface area contributed by atoms with E-state index < -0.39 is 0 Å². The summed E-state index contributed by atoms with van der Waals surface area (Å²) in [7, 11) is 0. The molecule has 0 aromatic carbocycles. The molecule has 2 atom stereocenters. The van der Waals surface area contributed by atoms with E-state index in [0.717, 1.165) is 30.9 Å². The number of guanidine groups is 1. The van der Waals surface area contributed by atoms with Crippen LogP contribution in [0.2, 0.25) is 0 Å². The van der Waals surface area contributed by atoms with Crippen LogP contribution in [0.4, 0.5) is 0 Å². The maximum Gasteiger partial charge on any atom is 0.194 e. The summed E-state index contributed by atoms with van der Waals surface area (Å²) >= 11 is 0. The van der Waals surface area contributed by atoms with Crippen molar-refractivity contribution >= 4 is 29.9 Å². The van der Waals surface area contributed by atoms with Gasteiger partial charge >= 0.3 is 0 Å². The van der Waals surface area contributed by atoms with Gasteiger partial charge in [0.25, 0.3) is 0 Å². The highest BCUT2D eigenvalue weighted by Crippen LogP contribution is 2.44. The molecule has 2 aliphatic heterocycles. The lowest BCUT2D eigenvalue weighted by Gasteiger charge is -2.31. The number of fused-ring (bicyclic) bond motifs is 1. The predicted molar refractivity (Wildman–Crippen MR) is 72.6 cm³/mol. The zero-order valence-corrected chi connectivity index (χ0v) is 11.2. The van der Waals surface area contributed by atoms with Gasteiger partial charge in [-0.15, -0.1) is 24.0 Å². The summed E-state index contributed by atoms with van der Waals surface area (Å²) in [6.45, 7) is 8.07. The Bertz CT molecular complexity index is 300. The van der Waals surface area contributed by atoms with Crippen molar-refractivity contribution in [3.63, 3.8) is 0 Å². The third-order valence-electron chi connectivity index (χ3n) is 3.54. The van der Waals surface area contributed by atoms with Crippen molar-refractivity contribution in [1.82, 2.24) is 10.2 Å². The molecule has 2 fully saturated rings. The lowest BCUT2D eigenvalue weighted by Crippen LogP contribution is -2.47. The first-order valence-electron chi connectivity index (χ1n) is 5.53. The van der Waals surface area contributed by atoms with Crippen LogP contribution in [0.3, 0.4) is 0 Å². The highest BCUT2D eigenvalue weighted by Gasteiger charge is 2.42. The molecule has 2 unspecified atom stereocenters. The fourth-order valence-corrected chi connectivity index (χ4v) is 2.49. The van der Waals surface area contributed by atoms with Gasteiger partial charge in [-0.3, -0.25) is 0 Å². The molecule has 1 N–H and O–H groups in total. The second-order valence-electron chi connectivity index (χ2n) is 4.73. The van der Waals surface area contributed by atoms with Crippen LogP contribution in [-0.4, -0.2) is 37.0 Å². The number of nitrogens with one attached hydrogen (secondary N) is 1. The topological polar surface area (TPSA) is 27.6 Å². The van der Waals surface area contributed by atoms with E-state index in [9.17, 15) is 0 Å². The minimum Gasteiger partial charge on any atom is -0.352 e. The number of nitrogens with zero attached hydrogens (tertiary/aromatic N) is 2. The zero-order valence-electron chi connectivity index (χ0n) is 8.91. The van der Waals surface area contributed by atoms with Gasteiger partial charge in [-0.1, -0.05) is 6.58 Å². The molecule has 0 aromatic heterocycles. The van der Waals surface area contributed by atoms with E-state index in [1.807, 2.05) is 0 Å². The Labute approximate surface area is 108 Å². The fraction of sp³-hybridized carbons (Fsp3) is 0.727. The molecule has 15 heavy (non-hydrogen) atoms. The van der Waals surface area contributed by atoms with Crippen LogP contribution in [0.5, 0.6) is 0 Å². The molecule has 0 bridgehead atoms. The summed E-state index contributed by atoms with van der Waals surface area (Å²) in [5.41, 5.74) is 1.19. The smallest absolute Gasteiger partial charge is 0.194 e. The first kappa shape index (κ1) is 11.2. The van der Waals surface area contributed by atoms with E-state index in [0.29, 0.717) is 0 Å². The van der Waals surface area contributed by atoms with E-state index in [1.165, 1.54) is 31.5 Å². The molecule has 2 heterocycles. The molecular formula is C11H18IN3. The Hall–Kier alpha value is -0.260. The SMILES string of the molecule is C=C1CN=C(N2CCC3CC3C2)NC1.I. The Morgan fingerprint density at radius 2 is 2.27 bits per heavy atom. The molecule has 0 amide bonds. The van der Waals surface area contributed by atoms with Crippen molar-refractivity contribution in [2.45, 2.75) is 12.8 Å². The van der Waals surface area contributed by atoms with Crippen molar-refractivity contribution in [3.05, 3.63) is 12.2 Å². The quantitative estimate of drug-likeness (QED) is 0.541. The Morgan fingerprint density at radius 3 is 2.93 bits per heavy atom. The summed E-state index contributed by atoms with van der Waals surface area (Å²) in [6.07, 6.45) is 2.82. The number of aliphatic imine (C=N–C) groups is 1. The maximum atomic E-state index is 4.52. The zero-order chi connectivity index (χ0) is 9.54. The van der Waals surface area contributed by atoms with Gasteiger partial charge < -0.3 is 10.2 Å². The first-order valence-corrected chi connectivity index (χ1v) is 5.53. The van der Waals surface area contributed by atoms with Crippen molar-refractivity contribution in [1.29, 1.82) is 0 Å². The van der Waals surface area contributed by atoms with Gasteiger partial charge in [-0.25, -0.2) is 4.99 Å². The van der Waals surface area contributed by atoms with Gasteiger partial charge in [0.1, 0.15) is 0 Å². The Kier molecular flexibility index (Phi) is 3.23. The van der Waals surface area contributed by atoms with E-state index in [4.69, 9.17) is 0 Å². The highest BCUT2D eigenvalue weighted by molar-refractivity contribution is 14.0. The average Bonchev–Trinajstić information content (AvgIpc) is 2.96. The van der Waals surface area contributed by atoms with E-state index in [2.05, 4.69) is 21.8 Å². The lowest BCUT2D eigenvalue weighted by molar-refractivity contribution is 0.317. The Morgan fingerprint density at radius 1 is 1.40 bits per heavy atom. The molecule has 0 radical (unpaired) electrons. The minimum absolute atomic E-state index is 0. The van der Waals surface area contributed by atoms with Crippen LogP contribution in [0.15, 0.2) is 17.1 Å². The molecule has 1 aliphatic carbocycles. The number of likely N-dealkylation sites (tertiary alicyclic amines) is 1. The summed E-state index contributed by atoms with van der Waals surface area (Å²) in [4.78, 5) is 6.94. The molecule has 84 valence electrons. The molecule has 3 rings (SSSR count). The highest BCUT2D eigenvalue weighted by atomic mass is 127. The normalized spacial score (nSPS) is 33.5. The molecule has 3 nitrogen and oxygen atoms in total. The minimum atomic E-state index is 0. The Balaban J connectivity index is 0.000000853. The van der Waals surface area contributed by atoms with Crippen LogP contribution in [0, 0.1) is 11.8 Å². The van der Waals surface area contributed by atoms with E-state index in [1.54, 1.807) is 0 Å². The van der Waals surface area contributed by atoms with Crippen molar-refractivity contribution < 1.29 is 0 Å². The average molecular weight is 319 g/mol. The van der Waals surface area contributed by atoms with Crippen LogP contribution >= 0.6 is 24.0 Å². The predicted octanol–water partition coefficient (Wildman–Crippen LogP) is 1.46. The number of hydrogen-bond donors (Lipinski definition) is 1. The number of hydrogen-bond acceptors (Lipinski definition) is 3. The second kappa shape index (κ2) is 4.31. The largest absolute Gasteiger partial charge is 0.352 e. The van der Waals surface area contributed by atoms with Gasteiger partial charge in [-0.2, -0.15) is 0 Å². The standard InChI is InChI=1S/C11H17N3.HI/c1-8-5-12-11(13-6-8)14-3-2-9-4-10(9)7-14;/h9-10H,1-7H2,(H,12,13);1H. The monoisotopic (exact) mass is 319 g/mol. The lowest BCUT2D eigenvalue weighted by atomic mass is 10.1. The van der Waals surface area contributed by atoms with E-state index >= 15 is 0 Å². The fourth-order valence-electron chi connectivity index (χ4n) is 2.49. The second-order valence-corrected chi connectivity index (χ2v) is 4.73. The van der Waals surface area contributed by atoms with Gasteiger partial charge in [0, 0.05) is 19.6 Å². The van der Waals surface area contributed by atoms with Crippen molar-refractivity contribution in [2.75, 3.05) is 26.2 Å². The van der Waals surface area contributed by atoms with Gasteiger partial charge in [-0.05, 0) is 30.3 Å². The summed E-state index contributed by atoms with van der Waals surface area (Å²) in [5.74, 6) is 3.13. The van der Waals surface area contributed by atoms with Crippen LogP contribution in [0.1, 0.15) is 12.8 Å². The first-order chi connectivity index (χ1) is 6.83. The van der Waals surface area contributed by atoms with Crippen LogP contribution < -0.4 is 5.32 Å². The molecule has 4 heteroatoms. The maximum absolute atomic E-state index is 4.52. The summed E-state index contributed by atoms with van der Waals surface area (Å²) < 4.78 is 0. The van der Waals surface area contributed by atoms with Crippen molar-refractivity contribution in [2.24, 2.45) is 16.8 Å². The number of piperidine rings is 1. The van der Waals surface area contributed by atoms with Gasteiger partial charge in [0.15, 0.2) is 5.96 Å².